The van der Waals surface area contributed by atoms with Crippen LogP contribution in [-0.2, 0) is 0 Å². The first-order valence-corrected chi connectivity index (χ1v) is 4.95. The standard InChI is InChI=1S/C11H17NO4.ClH/c1-15-9-5-7(14)6-10(16-2)11(9)8(12)3-4-13;/h5-6,8,13-14H,3-4,12H2,1-2H3;1H/t8-;/m0./s1. The highest BCUT2D eigenvalue weighted by Crippen LogP contribution is 2.37. The van der Waals surface area contributed by atoms with Crippen molar-refractivity contribution in [2.75, 3.05) is 20.8 Å². The molecule has 0 saturated carbocycles. The van der Waals surface area contributed by atoms with E-state index >= 15 is 0 Å². The first-order valence-electron chi connectivity index (χ1n) is 4.95. The fraction of sp³-hybridized carbons (Fsp3) is 0.455. The number of halogens is 1. The topological polar surface area (TPSA) is 84.9 Å². The van der Waals surface area contributed by atoms with Crippen LogP contribution in [0.3, 0.4) is 0 Å². The number of methoxy groups -OCH3 is 2. The lowest BCUT2D eigenvalue weighted by atomic mass is 10.0. The zero-order chi connectivity index (χ0) is 12.1. The number of phenolic OH excluding ortho intramolecular Hbond substituents is 1. The van der Waals surface area contributed by atoms with Gasteiger partial charge in [0.1, 0.15) is 17.2 Å². The number of hydrogen-bond acceptors (Lipinski definition) is 5. The second-order valence-electron chi connectivity index (χ2n) is 3.38. The van der Waals surface area contributed by atoms with Gasteiger partial charge in [-0.3, -0.25) is 0 Å². The number of aliphatic hydroxyl groups excluding tert-OH is 1. The van der Waals surface area contributed by atoms with Crippen LogP contribution in [0.25, 0.3) is 0 Å². The smallest absolute Gasteiger partial charge is 0.131 e. The van der Waals surface area contributed by atoms with Gasteiger partial charge in [-0.25, -0.2) is 0 Å². The van der Waals surface area contributed by atoms with E-state index in [0.29, 0.717) is 23.5 Å². The number of nitrogens with two attached hydrogens (primary N) is 1. The fourth-order valence-electron chi connectivity index (χ4n) is 1.57. The summed E-state index contributed by atoms with van der Waals surface area (Å²) in [7, 11) is 2.98. The molecular formula is C11H18ClNO4. The SMILES string of the molecule is COc1cc(O)cc(OC)c1[C@@H](N)CCO.Cl. The molecule has 17 heavy (non-hydrogen) atoms. The van der Waals surface area contributed by atoms with Gasteiger partial charge in [-0.1, -0.05) is 0 Å². The summed E-state index contributed by atoms with van der Waals surface area (Å²) in [6.45, 7) is -0.0195. The first kappa shape index (κ1) is 15.8. The minimum Gasteiger partial charge on any atom is -0.508 e. The van der Waals surface area contributed by atoms with Gasteiger partial charge < -0.3 is 25.4 Å². The fourth-order valence-corrected chi connectivity index (χ4v) is 1.57. The largest absolute Gasteiger partial charge is 0.508 e. The van der Waals surface area contributed by atoms with Gasteiger partial charge in [0.2, 0.25) is 0 Å². The molecular weight excluding hydrogens is 246 g/mol. The quantitative estimate of drug-likeness (QED) is 0.744. The molecule has 1 atom stereocenters. The Morgan fingerprint density at radius 2 is 1.71 bits per heavy atom. The molecule has 0 aromatic heterocycles. The van der Waals surface area contributed by atoms with E-state index in [-0.39, 0.29) is 24.8 Å². The predicted octanol–water partition coefficient (Wildman–Crippen LogP) is 1.21. The van der Waals surface area contributed by atoms with Crippen LogP contribution >= 0.6 is 12.4 Å². The maximum Gasteiger partial charge on any atom is 0.131 e. The van der Waals surface area contributed by atoms with Crippen LogP contribution in [0.4, 0.5) is 0 Å². The van der Waals surface area contributed by atoms with Crippen LogP contribution in [0.2, 0.25) is 0 Å². The Morgan fingerprint density at radius 3 is 2.06 bits per heavy atom. The average Bonchev–Trinajstić information content (AvgIpc) is 2.27. The summed E-state index contributed by atoms with van der Waals surface area (Å²) in [5, 5.41) is 18.3. The van der Waals surface area contributed by atoms with Crippen molar-refractivity contribution in [3.63, 3.8) is 0 Å². The molecule has 1 rings (SSSR count). The molecule has 6 heteroatoms. The molecule has 0 aliphatic heterocycles. The van der Waals surface area contributed by atoms with Crippen LogP contribution in [0.15, 0.2) is 12.1 Å². The van der Waals surface area contributed by atoms with Crippen LogP contribution in [0.1, 0.15) is 18.0 Å². The number of aliphatic hydroxyl groups is 1. The summed E-state index contributed by atoms with van der Waals surface area (Å²) < 4.78 is 10.3. The zero-order valence-electron chi connectivity index (χ0n) is 9.84. The predicted molar refractivity (Wildman–Crippen MR) is 67.1 cm³/mol. The number of phenols is 1. The lowest BCUT2D eigenvalue weighted by Crippen LogP contribution is -2.14. The Kier molecular flexibility index (Phi) is 6.72. The maximum atomic E-state index is 9.44. The normalized spacial score (nSPS) is 11.5. The molecule has 0 bridgehead atoms. The molecule has 0 amide bonds. The van der Waals surface area contributed by atoms with Gasteiger partial charge in [-0.15, -0.1) is 12.4 Å². The van der Waals surface area contributed by atoms with Gasteiger partial charge in [0, 0.05) is 24.8 Å². The molecule has 0 saturated heterocycles. The molecule has 0 aliphatic rings. The van der Waals surface area contributed by atoms with E-state index in [2.05, 4.69) is 0 Å². The number of aromatic hydroxyl groups is 1. The monoisotopic (exact) mass is 263 g/mol. The van der Waals surface area contributed by atoms with Crippen LogP contribution in [0, 0.1) is 0 Å². The Morgan fingerprint density at radius 1 is 1.24 bits per heavy atom. The summed E-state index contributed by atoms with van der Waals surface area (Å²) in [5.41, 5.74) is 6.56. The van der Waals surface area contributed by atoms with E-state index in [0.717, 1.165) is 0 Å². The summed E-state index contributed by atoms with van der Waals surface area (Å²) in [6, 6.07) is 2.54. The Hall–Kier alpha value is -1.17. The highest BCUT2D eigenvalue weighted by molar-refractivity contribution is 5.85. The third-order valence-corrected chi connectivity index (χ3v) is 2.34. The molecule has 0 spiro atoms. The minimum atomic E-state index is -0.393. The minimum absolute atomic E-state index is 0. The van der Waals surface area contributed by atoms with E-state index in [4.69, 9.17) is 20.3 Å². The van der Waals surface area contributed by atoms with E-state index in [1.165, 1.54) is 26.4 Å². The number of rotatable bonds is 5. The van der Waals surface area contributed by atoms with Gasteiger partial charge in [-0.2, -0.15) is 0 Å². The van der Waals surface area contributed by atoms with Crippen molar-refractivity contribution in [1.29, 1.82) is 0 Å². The molecule has 0 aliphatic carbocycles. The first-order chi connectivity index (χ1) is 7.63. The van der Waals surface area contributed by atoms with Crippen molar-refractivity contribution in [2.24, 2.45) is 5.73 Å². The highest BCUT2D eigenvalue weighted by atomic mass is 35.5. The second-order valence-corrected chi connectivity index (χ2v) is 3.38. The van der Waals surface area contributed by atoms with Crippen molar-refractivity contribution in [3.05, 3.63) is 17.7 Å². The lowest BCUT2D eigenvalue weighted by Gasteiger charge is -2.18. The molecule has 1 aromatic carbocycles. The Balaban J connectivity index is 0.00000256. The third kappa shape index (κ3) is 3.66. The van der Waals surface area contributed by atoms with Crippen LogP contribution in [-0.4, -0.2) is 31.0 Å². The number of benzene rings is 1. The Labute approximate surface area is 107 Å². The van der Waals surface area contributed by atoms with Crippen molar-refractivity contribution in [2.45, 2.75) is 12.5 Å². The number of hydrogen-bond donors (Lipinski definition) is 3. The molecule has 98 valence electrons. The van der Waals surface area contributed by atoms with E-state index in [1.54, 1.807) is 0 Å². The maximum absolute atomic E-state index is 9.44. The van der Waals surface area contributed by atoms with Gasteiger partial charge in [0.15, 0.2) is 0 Å². The lowest BCUT2D eigenvalue weighted by molar-refractivity contribution is 0.273. The third-order valence-electron chi connectivity index (χ3n) is 2.34. The molecule has 0 heterocycles. The van der Waals surface area contributed by atoms with Gasteiger partial charge in [-0.05, 0) is 6.42 Å². The van der Waals surface area contributed by atoms with E-state index in [9.17, 15) is 5.11 Å². The second kappa shape index (κ2) is 7.21. The molecule has 0 fully saturated rings. The van der Waals surface area contributed by atoms with E-state index in [1.807, 2.05) is 0 Å². The average molecular weight is 264 g/mol. The Bertz CT molecular complexity index is 334. The van der Waals surface area contributed by atoms with Gasteiger partial charge in [0.05, 0.1) is 19.8 Å². The molecule has 0 radical (unpaired) electrons. The molecule has 0 unspecified atom stereocenters. The molecule has 4 N–H and O–H groups in total. The van der Waals surface area contributed by atoms with Gasteiger partial charge in [0.25, 0.3) is 0 Å². The van der Waals surface area contributed by atoms with Crippen LogP contribution in [0.5, 0.6) is 17.2 Å². The van der Waals surface area contributed by atoms with E-state index < -0.39 is 6.04 Å². The van der Waals surface area contributed by atoms with Gasteiger partial charge >= 0.3 is 0 Å². The van der Waals surface area contributed by atoms with Crippen molar-refractivity contribution in [1.82, 2.24) is 0 Å². The molecule has 5 nitrogen and oxygen atoms in total. The summed E-state index contributed by atoms with van der Waals surface area (Å²) in [5.74, 6) is 0.962. The summed E-state index contributed by atoms with van der Waals surface area (Å²) >= 11 is 0. The van der Waals surface area contributed by atoms with Crippen LogP contribution < -0.4 is 15.2 Å². The van der Waals surface area contributed by atoms with Crippen molar-refractivity contribution in [3.8, 4) is 17.2 Å². The highest BCUT2D eigenvalue weighted by Gasteiger charge is 2.18. The van der Waals surface area contributed by atoms with Crippen molar-refractivity contribution >= 4 is 12.4 Å². The summed E-state index contributed by atoms with van der Waals surface area (Å²) in [6.07, 6.45) is 0.400. The summed E-state index contributed by atoms with van der Waals surface area (Å²) in [4.78, 5) is 0. The zero-order valence-corrected chi connectivity index (χ0v) is 10.7. The number of ether oxygens (including phenoxy) is 2. The van der Waals surface area contributed by atoms with Crippen molar-refractivity contribution < 1.29 is 19.7 Å². The molecule has 1 aromatic rings.